The molecule has 3 aromatic carbocycles. The number of nitro benzene ring substituents is 1. The molecule has 8 heterocycles. The normalized spacial score (nSPS) is 25.6. The van der Waals surface area contributed by atoms with Crippen LogP contribution in [0.2, 0.25) is 0 Å². The van der Waals surface area contributed by atoms with E-state index >= 15 is 0 Å². The predicted molar refractivity (Wildman–Crippen MR) is 277 cm³/mol. The van der Waals surface area contributed by atoms with Crippen LogP contribution >= 0.6 is 0 Å². The number of sulfonamides is 1. The van der Waals surface area contributed by atoms with Gasteiger partial charge in [-0.3, -0.25) is 24.7 Å². The van der Waals surface area contributed by atoms with E-state index in [4.69, 9.17) is 23.9 Å². The largest absolute Gasteiger partial charge is 0.489 e. The van der Waals surface area contributed by atoms with Crippen LogP contribution in [0.5, 0.6) is 11.6 Å². The Morgan fingerprint density at radius 2 is 1.74 bits per heavy atom. The van der Waals surface area contributed by atoms with Crippen LogP contribution in [0, 0.1) is 15.5 Å². The first kappa shape index (κ1) is 48.0. The molecule has 5 aromatic rings. The molecule has 1 saturated carbocycles. The van der Waals surface area contributed by atoms with E-state index in [-0.39, 0.29) is 47.9 Å². The van der Waals surface area contributed by atoms with Gasteiger partial charge in [0.1, 0.15) is 24.0 Å². The minimum absolute atomic E-state index is 0.00684. The van der Waals surface area contributed by atoms with Crippen molar-refractivity contribution in [3.63, 3.8) is 0 Å². The Labute approximate surface area is 425 Å². The molecule has 0 unspecified atom stereocenters. The summed E-state index contributed by atoms with van der Waals surface area (Å²) in [5.41, 5.74) is 5.62. The number of aromatic amines is 1. The molecule has 0 radical (unpaired) electrons. The number of hydrogen-bond acceptors (Lipinski definition) is 15. The minimum atomic E-state index is -4.70. The Kier molecular flexibility index (Phi) is 12.3. The van der Waals surface area contributed by atoms with E-state index in [9.17, 15) is 23.3 Å². The summed E-state index contributed by atoms with van der Waals surface area (Å²) in [5, 5.41) is 16.7. The number of carbonyl (C=O) groups excluding carboxylic acids is 1. The van der Waals surface area contributed by atoms with Gasteiger partial charge in [-0.25, -0.2) is 13.1 Å². The molecule has 386 valence electrons. The summed E-state index contributed by atoms with van der Waals surface area (Å²) in [6.45, 7) is 14.2. The van der Waals surface area contributed by atoms with Gasteiger partial charge in [-0.05, 0) is 112 Å². The smallest absolute Gasteiger partial charge is 0.297 e. The van der Waals surface area contributed by atoms with Crippen molar-refractivity contribution in [1.82, 2.24) is 24.5 Å². The van der Waals surface area contributed by atoms with Gasteiger partial charge < -0.3 is 39.0 Å². The molecule has 73 heavy (non-hydrogen) atoms. The molecule has 4 saturated heterocycles. The van der Waals surface area contributed by atoms with Crippen LogP contribution in [0.3, 0.4) is 0 Å². The molecule has 3 N–H and O–H groups in total. The molecular weight excluding hydrogens is 951 g/mol. The summed E-state index contributed by atoms with van der Waals surface area (Å²) in [6.07, 6.45) is 8.08. The number of H-pyrrole nitrogens is 1. The third-order valence-electron chi connectivity index (χ3n) is 16.9. The lowest BCUT2D eigenvalue weighted by molar-refractivity contribution is -0.384. The number of aromatic nitrogens is 2. The molecule has 0 bridgehead atoms. The lowest BCUT2D eigenvalue weighted by Crippen LogP contribution is -2.62. The quantitative estimate of drug-likeness (QED) is 0.0853. The van der Waals surface area contributed by atoms with Crippen molar-refractivity contribution in [2.75, 3.05) is 74.3 Å². The second-order valence-electron chi connectivity index (χ2n) is 21.9. The molecular formula is C54H65N9O9S. The number of piperidine rings is 1. The Bertz CT molecular complexity index is 3050. The molecule has 1 amide bonds. The number of anilines is 4. The number of amides is 1. The summed E-state index contributed by atoms with van der Waals surface area (Å²) in [7, 11) is -4.70. The van der Waals surface area contributed by atoms with E-state index in [1.807, 2.05) is 36.1 Å². The Balaban J connectivity index is 0.795. The maximum absolute atomic E-state index is 14.6. The molecule has 19 heteroatoms. The van der Waals surface area contributed by atoms with E-state index < -0.39 is 37.5 Å². The summed E-state index contributed by atoms with van der Waals surface area (Å²) >= 11 is 0. The SMILES string of the molecule is CC(C)c1ccccc1[C@@H]1CCCN1C1CC2(CCN(c3ccc(C(=O)NS(=O)(=O)c4cc5c(c([N+](=O)[O-])c4)N[C@@H]([C@H]4CN(C6COC6)[C@H](C)CO4)CO5)c(N4C[C@@H](C)Oc5nc6[nH]ccc6cc54)c3)CC2)C1. The molecule has 2 aromatic heterocycles. The molecule has 7 aliphatic rings. The summed E-state index contributed by atoms with van der Waals surface area (Å²) in [6, 6.07) is 21.7. The first-order valence-electron chi connectivity index (χ1n) is 26.1. The summed E-state index contributed by atoms with van der Waals surface area (Å²) in [5.74, 6) is -0.0244. The number of ether oxygens (including phenoxy) is 4. The molecule has 12 rings (SSSR count). The van der Waals surface area contributed by atoms with Crippen LogP contribution in [0.4, 0.5) is 28.4 Å². The number of hydrogen-bond donors (Lipinski definition) is 3. The van der Waals surface area contributed by atoms with Crippen LogP contribution < -0.4 is 29.3 Å². The van der Waals surface area contributed by atoms with Gasteiger partial charge in [0.2, 0.25) is 5.88 Å². The van der Waals surface area contributed by atoms with Crippen molar-refractivity contribution in [3.8, 4) is 11.6 Å². The van der Waals surface area contributed by atoms with Crippen molar-refractivity contribution < 1.29 is 37.1 Å². The van der Waals surface area contributed by atoms with Crippen molar-refractivity contribution in [1.29, 1.82) is 0 Å². The average Bonchev–Trinajstić information content (AvgIpc) is 4.04. The predicted octanol–water partition coefficient (Wildman–Crippen LogP) is 7.88. The zero-order chi connectivity index (χ0) is 50.3. The number of nitrogens with one attached hydrogen (secondary N) is 3. The maximum Gasteiger partial charge on any atom is 0.297 e. The van der Waals surface area contributed by atoms with Gasteiger partial charge in [0.15, 0.2) is 11.4 Å². The standard InChI is InChI=1S/C54H65N9O9S/c1-32(2)40-8-5-6-9-41(40)44-10-7-17-60(44)37-24-54(25-37)14-18-59(19-15-54)36-11-12-42(45(21-36)62-26-34(4)72-53-47(62)20-35-13-16-55-51(35)57-53)52(64)58-73(67,68)39-22-46(63(65)66)50-48(23-39)71-31-43(56-50)49-27-61(33(3)28-70-49)38-29-69-30-38/h5-6,8-9,11-13,16,20-23,32-34,37-38,43-44,49,56H,7,10,14-15,17-19,24-31H2,1-4H3,(H,55,57)(H,58,64)/t33-,34-,43-,44+,49-/m1/s1. The van der Waals surface area contributed by atoms with Gasteiger partial charge in [0.05, 0.1) is 65.6 Å². The number of morpholine rings is 1. The van der Waals surface area contributed by atoms with E-state index in [1.165, 1.54) is 42.9 Å². The number of pyridine rings is 1. The molecule has 6 aliphatic heterocycles. The van der Waals surface area contributed by atoms with Gasteiger partial charge in [0.25, 0.3) is 21.6 Å². The van der Waals surface area contributed by atoms with Crippen LogP contribution in [0.15, 0.2) is 77.8 Å². The van der Waals surface area contributed by atoms with Gasteiger partial charge in [-0.1, -0.05) is 38.1 Å². The van der Waals surface area contributed by atoms with E-state index in [0.717, 1.165) is 49.6 Å². The zero-order valence-corrected chi connectivity index (χ0v) is 42.7. The number of rotatable bonds is 11. The Morgan fingerprint density at radius 3 is 2.51 bits per heavy atom. The summed E-state index contributed by atoms with van der Waals surface area (Å²) in [4.78, 5) is 43.6. The van der Waals surface area contributed by atoms with Crippen LogP contribution in [0.25, 0.3) is 11.0 Å². The minimum Gasteiger partial charge on any atom is -0.489 e. The van der Waals surface area contributed by atoms with Gasteiger partial charge in [-0.15, -0.1) is 0 Å². The van der Waals surface area contributed by atoms with Crippen molar-refractivity contribution in [2.24, 2.45) is 5.41 Å². The first-order valence-corrected chi connectivity index (χ1v) is 27.6. The highest BCUT2D eigenvalue weighted by atomic mass is 32.2. The number of nitro groups is 1. The molecule has 1 aliphatic carbocycles. The summed E-state index contributed by atoms with van der Waals surface area (Å²) < 4.78 is 54.9. The zero-order valence-electron chi connectivity index (χ0n) is 41.9. The lowest BCUT2D eigenvalue weighted by Gasteiger charge is -2.56. The van der Waals surface area contributed by atoms with Gasteiger partial charge >= 0.3 is 0 Å². The molecule has 1 spiro atoms. The van der Waals surface area contributed by atoms with Crippen molar-refractivity contribution >= 4 is 55.4 Å². The van der Waals surface area contributed by atoms with Crippen LogP contribution in [0.1, 0.15) is 99.7 Å². The second kappa shape index (κ2) is 18.7. The third kappa shape index (κ3) is 8.83. The highest BCUT2D eigenvalue weighted by Gasteiger charge is 2.50. The van der Waals surface area contributed by atoms with Crippen LogP contribution in [-0.4, -0.2) is 135 Å². The fourth-order valence-electron chi connectivity index (χ4n) is 12.8. The topological polar surface area (TPSA) is 197 Å². The number of benzene rings is 3. The maximum atomic E-state index is 14.6. The number of nitrogens with zero attached hydrogens (tertiary/aromatic N) is 6. The Hall–Kier alpha value is -5.99. The van der Waals surface area contributed by atoms with Crippen LogP contribution in [-0.2, 0) is 19.5 Å². The van der Waals surface area contributed by atoms with Gasteiger partial charge in [-0.2, -0.15) is 4.98 Å². The average molecular weight is 1020 g/mol. The number of carbonyl (C=O) groups is 1. The number of likely N-dealkylation sites (tertiary alicyclic amines) is 1. The fourth-order valence-corrected chi connectivity index (χ4v) is 13.8. The van der Waals surface area contributed by atoms with E-state index in [2.05, 4.69) is 74.8 Å². The third-order valence-corrected chi connectivity index (χ3v) is 18.2. The second-order valence-corrected chi connectivity index (χ2v) is 23.6. The number of fused-ring (bicyclic) bond motifs is 3. The highest BCUT2D eigenvalue weighted by molar-refractivity contribution is 7.90. The van der Waals surface area contributed by atoms with Crippen molar-refractivity contribution in [3.05, 3.63) is 99.7 Å². The molecule has 5 atom stereocenters. The van der Waals surface area contributed by atoms with E-state index in [1.54, 1.807) is 12.3 Å². The lowest BCUT2D eigenvalue weighted by atomic mass is 9.59. The fraction of sp³-hybridized carbons (Fsp3) is 0.519. The molecule has 5 fully saturated rings. The monoisotopic (exact) mass is 1020 g/mol. The highest BCUT2D eigenvalue weighted by Crippen LogP contribution is 2.55. The first-order chi connectivity index (χ1) is 35.2. The Morgan fingerprint density at radius 1 is 0.932 bits per heavy atom. The van der Waals surface area contributed by atoms with Gasteiger partial charge in [0, 0.05) is 67.2 Å². The van der Waals surface area contributed by atoms with E-state index in [0.29, 0.717) is 79.2 Å². The molecule has 18 nitrogen and oxygen atoms in total. The van der Waals surface area contributed by atoms with Crippen molar-refractivity contribution in [2.45, 2.75) is 119 Å².